The average molecular weight is 304 g/mol. The summed E-state index contributed by atoms with van der Waals surface area (Å²) in [6.45, 7) is 2.16. The van der Waals surface area contributed by atoms with E-state index < -0.39 is 21.5 Å². The topological polar surface area (TPSA) is 76.1 Å². The zero-order valence-electron chi connectivity index (χ0n) is 11.6. The Labute approximate surface area is 124 Å². The number of aromatic nitrogens is 1. The number of nitrogens with one attached hydrogen (secondary N) is 1. The number of benzene rings is 1. The largest absolute Gasteiger partial charge is 0.351 e. The Morgan fingerprint density at radius 3 is 2.33 bits per heavy atom. The lowest BCUT2D eigenvalue weighted by Gasteiger charge is -2.07. The van der Waals surface area contributed by atoms with Crippen molar-refractivity contribution in [2.75, 3.05) is 5.75 Å². The van der Waals surface area contributed by atoms with Gasteiger partial charge in [0, 0.05) is 18.9 Å². The van der Waals surface area contributed by atoms with Crippen LogP contribution in [0.5, 0.6) is 0 Å². The van der Waals surface area contributed by atoms with Crippen LogP contribution in [0.1, 0.15) is 11.1 Å². The molecule has 21 heavy (non-hydrogen) atoms. The zero-order valence-corrected chi connectivity index (χ0v) is 12.4. The van der Waals surface area contributed by atoms with Crippen LogP contribution < -0.4 is 5.32 Å². The number of amides is 1. The Morgan fingerprint density at radius 2 is 1.71 bits per heavy atom. The van der Waals surface area contributed by atoms with Gasteiger partial charge in [-0.25, -0.2) is 8.42 Å². The summed E-state index contributed by atoms with van der Waals surface area (Å²) in [5, 5.41) is 2.59. The molecule has 1 amide bonds. The molecule has 110 valence electrons. The Bertz CT molecular complexity index is 710. The third-order valence-electron chi connectivity index (χ3n) is 2.94. The molecule has 5 nitrogen and oxygen atoms in total. The van der Waals surface area contributed by atoms with Gasteiger partial charge in [-0.15, -0.1) is 0 Å². The molecule has 0 radical (unpaired) electrons. The van der Waals surface area contributed by atoms with Gasteiger partial charge in [-0.2, -0.15) is 0 Å². The van der Waals surface area contributed by atoms with Crippen molar-refractivity contribution in [3.8, 4) is 0 Å². The predicted molar refractivity (Wildman–Crippen MR) is 79.3 cm³/mol. The number of rotatable bonds is 5. The van der Waals surface area contributed by atoms with Crippen molar-refractivity contribution in [1.29, 1.82) is 0 Å². The summed E-state index contributed by atoms with van der Waals surface area (Å²) in [7, 11) is -3.61. The Balaban J connectivity index is 1.97. The van der Waals surface area contributed by atoms with E-state index >= 15 is 0 Å². The van der Waals surface area contributed by atoms with E-state index in [9.17, 15) is 13.2 Å². The van der Waals surface area contributed by atoms with Crippen LogP contribution in [0.15, 0.2) is 53.7 Å². The van der Waals surface area contributed by atoms with Gasteiger partial charge in [0.25, 0.3) is 0 Å². The Kier molecular flexibility index (Phi) is 4.70. The third-order valence-corrected chi connectivity index (χ3v) is 4.57. The van der Waals surface area contributed by atoms with Gasteiger partial charge in [-0.05, 0) is 36.8 Å². The fourth-order valence-electron chi connectivity index (χ4n) is 1.75. The highest BCUT2D eigenvalue weighted by atomic mass is 32.2. The van der Waals surface area contributed by atoms with E-state index in [1.165, 1.54) is 12.1 Å². The first-order valence-electron chi connectivity index (χ1n) is 6.42. The molecule has 1 aromatic heterocycles. The molecule has 1 heterocycles. The molecule has 0 atom stereocenters. The van der Waals surface area contributed by atoms with E-state index in [-0.39, 0.29) is 11.4 Å². The minimum Gasteiger partial charge on any atom is -0.351 e. The fourth-order valence-corrected chi connectivity index (χ4v) is 2.92. The van der Waals surface area contributed by atoms with E-state index in [0.29, 0.717) is 0 Å². The predicted octanol–water partition coefficient (Wildman–Crippen LogP) is 1.48. The van der Waals surface area contributed by atoms with Crippen LogP contribution in [-0.2, 0) is 21.2 Å². The molecule has 2 aromatic rings. The van der Waals surface area contributed by atoms with Gasteiger partial charge < -0.3 is 5.32 Å². The first-order valence-corrected chi connectivity index (χ1v) is 8.07. The summed E-state index contributed by atoms with van der Waals surface area (Å²) in [5.74, 6) is -1.08. The van der Waals surface area contributed by atoms with Crippen molar-refractivity contribution in [2.24, 2.45) is 0 Å². The second kappa shape index (κ2) is 6.49. The van der Waals surface area contributed by atoms with E-state index in [4.69, 9.17) is 0 Å². The molecule has 6 heteroatoms. The second-order valence-electron chi connectivity index (χ2n) is 4.70. The molecule has 0 fully saturated rings. The Hall–Kier alpha value is -2.21. The van der Waals surface area contributed by atoms with E-state index in [1.807, 2.05) is 6.92 Å². The van der Waals surface area contributed by atoms with E-state index in [1.54, 1.807) is 36.7 Å². The lowest BCUT2D eigenvalue weighted by Crippen LogP contribution is -2.29. The molecule has 0 aliphatic carbocycles. The monoisotopic (exact) mass is 304 g/mol. The van der Waals surface area contributed by atoms with E-state index in [2.05, 4.69) is 10.3 Å². The first-order chi connectivity index (χ1) is 9.97. The van der Waals surface area contributed by atoms with Crippen LogP contribution >= 0.6 is 0 Å². The number of hydrogen-bond acceptors (Lipinski definition) is 4. The molecule has 1 N–H and O–H groups in total. The summed E-state index contributed by atoms with van der Waals surface area (Å²) in [6.07, 6.45) is 3.23. The highest BCUT2D eigenvalue weighted by molar-refractivity contribution is 7.92. The molecular formula is C15H16N2O3S. The number of hydrogen-bond donors (Lipinski definition) is 1. The molecule has 2 rings (SSSR count). The van der Waals surface area contributed by atoms with Gasteiger partial charge in [0.2, 0.25) is 5.91 Å². The van der Waals surface area contributed by atoms with Crippen molar-refractivity contribution >= 4 is 15.7 Å². The van der Waals surface area contributed by atoms with Crippen molar-refractivity contribution in [3.63, 3.8) is 0 Å². The maximum Gasteiger partial charge on any atom is 0.235 e. The quantitative estimate of drug-likeness (QED) is 0.908. The third kappa shape index (κ3) is 4.39. The minimum atomic E-state index is -3.61. The van der Waals surface area contributed by atoms with Crippen LogP contribution in [-0.4, -0.2) is 25.1 Å². The van der Waals surface area contributed by atoms with Crippen LogP contribution in [0.4, 0.5) is 0 Å². The maximum absolute atomic E-state index is 12.1. The molecule has 0 saturated carbocycles. The number of nitrogens with zero attached hydrogens (tertiary/aromatic N) is 1. The molecule has 0 unspecified atom stereocenters. The molecule has 0 aliphatic rings. The van der Waals surface area contributed by atoms with Crippen LogP contribution in [0.3, 0.4) is 0 Å². The highest BCUT2D eigenvalue weighted by Gasteiger charge is 2.18. The van der Waals surface area contributed by atoms with Crippen LogP contribution in [0, 0.1) is 6.92 Å². The van der Waals surface area contributed by atoms with Crippen LogP contribution in [0.2, 0.25) is 0 Å². The van der Waals surface area contributed by atoms with Crippen molar-refractivity contribution in [1.82, 2.24) is 10.3 Å². The SMILES string of the molecule is Cc1ccc(S(=O)(=O)CC(=O)NCc2ccncc2)cc1. The van der Waals surface area contributed by atoms with Crippen LogP contribution in [0.25, 0.3) is 0 Å². The van der Waals surface area contributed by atoms with Gasteiger partial charge in [0.1, 0.15) is 5.75 Å². The normalized spacial score (nSPS) is 11.1. The maximum atomic E-state index is 12.1. The van der Waals surface area contributed by atoms with Gasteiger partial charge in [-0.3, -0.25) is 9.78 Å². The second-order valence-corrected chi connectivity index (χ2v) is 6.69. The zero-order chi connectivity index (χ0) is 15.3. The molecule has 1 aromatic carbocycles. The highest BCUT2D eigenvalue weighted by Crippen LogP contribution is 2.12. The molecule has 0 aliphatic heterocycles. The average Bonchev–Trinajstić information content (AvgIpc) is 2.46. The lowest BCUT2D eigenvalue weighted by molar-refractivity contribution is -0.118. The molecule has 0 bridgehead atoms. The number of sulfone groups is 1. The molecule has 0 spiro atoms. The summed E-state index contributed by atoms with van der Waals surface area (Å²) in [5.41, 5.74) is 1.84. The standard InChI is InChI=1S/C15H16N2O3S/c1-12-2-4-14(5-3-12)21(19,20)11-15(18)17-10-13-6-8-16-9-7-13/h2-9H,10-11H2,1H3,(H,17,18). The number of aryl methyl sites for hydroxylation is 1. The van der Waals surface area contributed by atoms with Crippen molar-refractivity contribution < 1.29 is 13.2 Å². The number of pyridine rings is 1. The fraction of sp³-hybridized carbons (Fsp3) is 0.200. The number of carbonyl (C=O) groups is 1. The lowest BCUT2D eigenvalue weighted by atomic mass is 10.2. The van der Waals surface area contributed by atoms with Gasteiger partial charge >= 0.3 is 0 Å². The van der Waals surface area contributed by atoms with Gasteiger partial charge in [-0.1, -0.05) is 17.7 Å². The number of carbonyl (C=O) groups excluding carboxylic acids is 1. The summed E-state index contributed by atoms with van der Waals surface area (Å²) >= 11 is 0. The van der Waals surface area contributed by atoms with Crippen molar-refractivity contribution in [2.45, 2.75) is 18.4 Å². The van der Waals surface area contributed by atoms with E-state index in [0.717, 1.165) is 11.1 Å². The molecular weight excluding hydrogens is 288 g/mol. The first kappa shape index (κ1) is 15.2. The summed E-state index contributed by atoms with van der Waals surface area (Å²) < 4.78 is 24.2. The summed E-state index contributed by atoms with van der Waals surface area (Å²) in [4.78, 5) is 15.8. The summed E-state index contributed by atoms with van der Waals surface area (Å²) in [6, 6.07) is 9.97. The van der Waals surface area contributed by atoms with Crippen molar-refractivity contribution in [3.05, 3.63) is 59.9 Å². The van der Waals surface area contributed by atoms with Gasteiger partial charge in [0.05, 0.1) is 4.90 Å². The Morgan fingerprint density at radius 1 is 1.10 bits per heavy atom. The van der Waals surface area contributed by atoms with Gasteiger partial charge in [0.15, 0.2) is 9.84 Å². The smallest absolute Gasteiger partial charge is 0.235 e. The minimum absolute atomic E-state index is 0.159. The molecule has 0 saturated heterocycles.